The average Bonchev–Trinajstić information content (AvgIpc) is 2.89. The molecule has 17 heavy (non-hydrogen) atoms. The Morgan fingerprint density at radius 3 is 2.00 bits per heavy atom. The fraction of sp³-hybridized carbons (Fsp3) is 1.00. The van der Waals surface area contributed by atoms with Crippen molar-refractivity contribution < 1.29 is 13.9 Å². The first-order valence-electron chi connectivity index (χ1n) is 6.77. The van der Waals surface area contributed by atoms with E-state index < -0.39 is 8.32 Å². The van der Waals surface area contributed by atoms with Gasteiger partial charge in [0.05, 0.1) is 18.3 Å². The second-order valence-corrected chi connectivity index (χ2v) is 12.0. The van der Waals surface area contributed by atoms with Crippen molar-refractivity contribution in [3.05, 3.63) is 0 Å². The van der Waals surface area contributed by atoms with Crippen LogP contribution in [0.3, 0.4) is 0 Å². The molecule has 0 N–H and O–H groups in total. The molecule has 0 aromatic heterocycles. The Hall–Kier alpha value is 0.0969. The average molecular weight is 256 g/mol. The molecule has 0 saturated carbocycles. The van der Waals surface area contributed by atoms with E-state index >= 15 is 0 Å². The van der Waals surface area contributed by atoms with E-state index in [0.717, 1.165) is 12.8 Å². The lowest BCUT2D eigenvalue weighted by Gasteiger charge is -2.41. The van der Waals surface area contributed by atoms with E-state index in [1.807, 2.05) is 0 Å². The molecular weight excluding hydrogens is 232 g/mol. The topological polar surface area (TPSA) is 31.0 Å². The highest BCUT2D eigenvalue weighted by molar-refractivity contribution is 6.74. The van der Waals surface area contributed by atoms with Gasteiger partial charge in [-0.1, -0.05) is 20.8 Å². The summed E-state index contributed by atoms with van der Waals surface area (Å²) < 4.78 is 18.0. The molecule has 0 spiro atoms. The van der Waals surface area contributed by atoms with Crippen LogP contribution in [0.15, 0.2) is 0 Å². The lowest BCUT2D eigenvalue weighted by Crippen LogP contribution is -2.47. The maximum Gasteiger partial charge on any atom is 0.192 e. The Labute approximate surface area is 105 Å². The summed E-state index contributed by atoms with van der Waals surface area (Å²) in [7, 11) is -1.63. The van der Waals surface area contributed by atoms with E-state index in [9.17, 15) is 0 Å². The van der Waals surface area contributed by atoms with Crippen molar-refractivity contribution in [3.63, 3.8) is 0 Å². The predicted molar refractivity (Wildman–Crippen MR) is 68.6 cm³/mol. The van der Waals surface area contributed by atoms with Gasteiger partial charge < -0.3 is 13.9 Å². The molecule has 3 heterocycles. The van der Waals surface area contributed by atoms with E-state index in [0.29, 0.717) is 35.6 Å². The number of hydrogen-bond acceptors (Lipinski definition) is 3. The molecule has 1 unspecified atom stereocenters. The third-order valence-corrected chi connectivity index (χ3v) is 9.44. The van der Waals surface area contributed by atoms with E-state index in [4.69, 9.17) is 13.9 Å². The first-order chi connectivity index (χ1) is 7.78. The zero-order valence-electron chi connectivity index (χ0n) is 11.5. The fourth-order valence-electron chi connectivity index (χ4n) is 2.80. The van der Waals surface area contributed by atoms with Crippen LogP contribution in [0.5, 0.6) is 0 Å². The predicted octanol–water partition coefficient (Wildman–Crippen LogP) is 2.71. The Kier molecular flexibility index (Phi) is 2.54. The first-order valence-corrected chi connectivity index (χ1v) is 9.67. The van der Waals surface area contributed by atoms with Crippen LogP contribution in [0.25, 0.3) is 0 Å². The third kappa shape index (κ3) is 1.99. The maximum absolute atomic E-state index is 6.50. The van der Waals surface area contributed by atoms with Crippen molar-refractivity contribution >= 4 is 8.32 Å². The highest BCUT2D eigenvalue weighted by Crippen LogP contribution is 2.48. The summed E-state index contributed by atoms with van der Waals surface area (Å²) >= 11 is 0. The third-order valence-electron chi connectivity index (χ3n) is 4.90. The zero-order valence-corrected chi connectivity index (χ0v) is 12.5. The highest BCUT2D eigenvalue weighted by atomic mass is 28.4. The summed E-state index contributed by atoms with van der Waals surface area (Å²) in [5.41, 5.74) is 0. The second kappa shape index (κ2) is 3.56. The van der Waals surface area contributed by atoms with Crippen molar-refractivity contribution in [2.24, 2.45) is 0 Å². The Bertz CT molecular complexity index is 307. The van der Waals surface area contributed by atoms with Crippen molar-refractivity contribution in [3.8, 4) is 0 Å². The fourth-order valence-corrected chi connectivity index (χ4v) is 4.18. The number of fused-ring (bicyclic) bond motifs is 5. The SMILES string of the molecule is CC(C)(C)[Si](C)(C)OC1C[C@@H]2O[C@H](C1)[C@H]1O[C@H]12. The smallest absolute Gasteiger partial charge is 0.192 e. The summed E-state index contributed by atoms with van der Waals surface area (Å²) in [5, 5.41) is 0.295. The minimum atomic E-state index is -1.63. The molecule has 98 valence electrons. The van der Waals surface area contributed by atoms with Gasteiger partial charge in [0.25, 0.3) is 0 Å². The van der Waals surface area contributed by atoms with Crippen molar-refractivity contribution in [2.45, 2.75) is 82.3 Å². The quantitative estimate of drug-likeness (QED) is 0.562. The van der Waals surface area contributed by atoms with Gasteiger partial charge in [-0.05, 0) is 18.1 Å². The van der Waals surface area contributed by atoms with Gasteiger partial charge in [0.1, 0.15) is 12.2 Å². The highest BCUT2D eigenvalue weighted by Gasteiger charge is 2.61. The monoisotopic (exact) mass is 256 g/mol. The summed E-state index contributed by atoms with van der Waals surface area (Å²) in [6.45, 7) is 11.6. The van der Waals surface area contributed by atoms with Crippen molar-refractivity contribution in [1.29, 1.82) is 0 Å². The van der Waals surface area contributed by atoms with Crippen LogP contribution in [-0.4, -0.2) is 38.8 Å². The van der Waals surface area contributed by atoms with Crippen molar-refractivity contribution in [2.75, 3.05) is 0 Å². The molecule has 4 heteroatoms. The molecule has 0 amide bonds. The van der Waals surface area contributed by atoms with Crippen LogP contribution in [-0.2, 0) is 13.9 Å². The lowest BCUT2D eigenvalue weighted by molar-refractivity contribution is -0.0977. The Morgan fingerprint density at radius 1 is 1.00 bits per heavy atom. The number of hydrogen-bond donors (Lipinski definition) is 0. The van der Waals surface area contributed by atoms with Crippen LogP contribution in [0.2, 0.25) is 18.1 Å². The molecule has 3 rings (SSSR count). The van der Waals surface area contributed by atoms with Gasteiger partial charge in [-0.25, -0.2) is 0 Å². The maximum atomic E-state index is 6.50. The molecule has 3 nitrogen and oxygen atoms in total. The summed E-state index contributed by atoms with van der Waals surface area (Å²) in [4.78, 5) is 0. The molecular formula is C13H24O3Si. The molecule has 3 aliphatic rings. The molecule has 0 aromatic rings. The van der Waals surface area contributed by atoms with Crippen LogP contribution < -0.4 is 0 Å². The molecule has 3 aliphatic heterocycles. The second-order valence-electron chi connectivity index (χ2n) is 7.25. The van der Waals surface area contributed by atoms with Crippen LogP contribution in [0.1, 0.15) is 33.6 Å². The van der Waals surface area contributed by atoms with Gasteiger partial charge in [0, 0.05) is 12.8 Å². The van der Waals surface area contributed by atoms with Crippen LogP contribution >= 0.6 is 0 Å². The standard InChI is InChI=1S/C13H24O3Si/c1-13(2,3)17(4,5)16-8-6-9-11-12(15-11)10(7-8)14-9/h8-12H,6-7H2,1-5H3/t8?,9-,10+,11-,12+. The van der Waals surface area contributed by atoms with Crippen molar-refractivity contribution in [1.82, 2.24) is 0 Å². The van der Waals surface area contributed by atoms with Gasteiger partial charge >= 0.3 is 0 Å². The van der Waals surface area contributed by atoms with Gasteiger partial charge in [0.2, 0.25) is 0 Å². The van der Waals surface area contributed by atoms with E-state index in [1.165, 1.54) is 0 Å². The molecule has 5 atom stereocenters. The van der Waals surface area contributed by atoms with Gasteiger partial charge in [-0.2, -0.15) is 0 Å². The number of ether oxygens (including phenoxy) is 2. The van der Waals surface area contributed by atoms with E-state index in [2.05, 4.69) is 33.9 Å². The van der Waals surface area contributed by atoms with Gasteiger partial charge in [-0.3, -0.25) is 0 Å². The summed E-state index contributed by atoms with van der Waals surface area (Å²) in [6, 6.07) is 0. The number of rotatable bonds is 2. The first kappa shape index (κ1) is 12.1. The molecule has 3 fully saturated rings. The Balaban J connectivity index is 1.64. The number of epoxide rings is 1. The molecule has 0 aliphatic carbocycles. The van der Waals surface area contributed by atoms with Gasteiger partial charge in [-0.15, -0.1) is 0 Å². The minimum absolute atomic E-state index is 0.295. The van der Waals surface area contributed by atoms with Gasteiger partial charge in [0.15, 0.2) is 8.32 Å². The molecule has 0 radical (unpaired) electrons. The zero-order chi connectivity index (χ0) is 12.4. The summed E-state index contributed by atoms with van der Waals surface area (Å²) in [6.07, 6.45) is 3.88. The van der Waals surface area contributed by atoms with Crippen LogP contribution in [0.4, 0.5) is 0 Å². The molecule has 3 saturated heterocycles. The molecule has 2 bridgehead atoms. The molecule has 0 aromatic carbocycles. The van der Waals surface area contributed by atoms with Crippen LogP contribution in [0, 0.1) is 0 Å². The Morgan fingerprint density at radius 2 is 1.53 bits per heavy atom. The normalized spacial score (nSPS) is 44.6. The van der Waals surface area contributed by atoms with E-state index in [1.54, 1.807) is 0 Å². The van der Waals surface area contributed by atoms with E-state index in [-0.39, 0.29) is 0 Å². The minimum Gasteiger partial charge on any atom is -0.414 e. The lowest BCUT2D eigenvalue weighted by atomic mass is 10.1. The largest absolute Gasteiger partial charge is 0.414 e. The summed E-state index contributed by atoms with van der Waals surface area (Å²) in [5.74, 6) is 0.